The molecule has 2 rings (SSSR count). The van der Waals surface area contributed by atoms with Crippen LogP contribution in [0.2, 0.25) is 0 Å². The number of carboxylic acids is 1. The van der Waals surface area contributed by atoms with Gasteiger partial charge in [0, 0.05) is 13.0 Å². The van der Waals surface area contributed by atoms with Crippen LogP contribution in [0, 0.1) is 10.8 Å². The molecule has 0 aromatic rings. The van der Waals surface area contributed by atoms with Gasteiger partial charge in [0.25, 0.3) is 0 Å². The first-order valence-corrected chi connectivity index (χ1v) is 7.52. The third kappa shape index (κ3) is 2.93. The van der Waals surface area contributed by atoms with Gasteiger partial charge in [0.1, 0.15) is 0 Å². The quantitative estimate of drug-likeness (QED) is 0.745. The zero-order valence-corrected chi connectivity index (χ0v) is 11.8. The SMILES string of the molecule is CCCC1(CNC(=O)CC2(C(=O)O)CCC2)CCC1. The topological polar surface area (TPSA) is 66.4 Å². The van der Waals surface area contributed by atoms with Crippen molar-refractivity contribution in [1.29, 1.82) is 0 Å². The Morgan fingerprint density at radius 1 is 1.16 bits per heavy atom. The van der Waals surface area contributed by atoms with Gasteiger partial charge in [0.05, 0.1) is 5.41 Å². The van der Waals surface area contributed by atoms with E-state index in [4.69, 9.17) is 0 Å². The van der Waals surface area contributed by atoms with Crippen LogP contribution in [0.4, 0.5) is 0 Å². The molecular weight excluding hydrogens is 242 g/mol. The molecule has 0 unspecified atom stereocenters. The highest BCUT2D eigenvalue weighted by molar-refractivity contribution is 5.85. The molecule has 0 radical (unpaired) electrons. The number of carboxylic acid groups (broad SMARTS) is 1. The summed E-state index contributed by atoms with van der Waals surface area (Å²) in [5.41, 5.74) is -0.456. The van der Waals surface area contributed by atoms with Crippen molar-refractivity contribution in [3.05, 3.63) is 0 Å². The summed E-state index contributed by atoms with van der Waals surface area (Å²) in [4.78, 5) is 23.2. The van der Waals surface area contributed by atoms with Crippen molar-refractivity contribution >= 4 is 11.9 Å². The highest BCUT2D eigenvalue weighted by Crippen LogP contribution is 2.45. The lowest BCUT2D eigenvalue weighted by molar-refractivity contribution is -0.157. The predicted octanol–water partition coefficient (Wildman–Crippen LogP) is 2.72. The number of carbonyl (C=O) groups excluding carboxylic acids is 1. The number of amides is 1. The summed E-state index contributed by atoms with van der Waals surface area (Å²) in [6.45, 7) is 2.91. The normalized spacial score (nSPS) is 23.0. The molecule has 19 heavy (non-hydrogen) atoms. The van der Waals surface area contributed by atoms with Crippen LogP contribution in [-0.2, 0) is 9.59 Å². The molecule has 0 aromatic heterocycles. The fourth-order valence-electron chi connectivity index (χ4n) is 3.45. The first-order valence-electron chi connectivity index (χ1n) is 7.52. The second kappa shape index (κ2) is 5.51. The second-order valence-corrected chi connectivity index (χ2v) is 6.50. The number of rotatable bonds is 7. The maximum absolute atomic E-state index is 12.0. The van der Waals surface area contributed by atoms with Crippen LogP contribution in [0.25, 0.3) is 0 Å². The van der Waals surface area contributed by atoms with E-state index < -0.39 is 11.4 Å². The van der Waals surface area contributed by atoms with Crippen molar-refractivity contribution in [2.24, 2.45) is 10.8 Å². The van der Waals surface area contributed by atoms with E-state index in [9.17, 15) is 14.7 Å². The molecular formula is C15H25NO3. The van der Waals surface area contributed by atoms with Gasteiger partial charge in [-0.05, 0) is 37.5 Å². The molecule has 2 aliphatic rings. The van der Waals surface area contributed by atoms with E-state index in [-0.39, 0.29) is 12.3 Å². The second-order valence-electron chi connectivity index (χ2n) is 6.50. The number of hydrogen-bond donors (Lipinski definition) is 2. The van der Waals surface area contributed by atoms with E-state index in [0.29, 0.717) is 18.3 Å². The molecule has 0 aromatic carbocycles. The summed E-state index contributed by atoms with van der Waals surface area (Å²) >= 11 is 0. The van der Waals surface area contributed by atoms with Crippen LogP contribution in [-0.4, -0.2) is 23.5 Å². The molecule has 2 aliphatic carbocycles. The van der Waals surface area contributed by atoms with Crippen LogP contribution in [0.5, 0.6) is 0 Å². The zero-order valence-electron chi connectivity index (χ0n) is 11.8. The van der Waals surface area contributed by atoms with E-state index >= 15 is 0 Å². The largest absolute Gasteiger partial charge is 0.481 e. The van der Waals surface area contributed by atoms with E-state index in [1.165, 1.54) is 19.3 Å². The summed E-state index contributed by atoms with van der Waals surface area (Å²) in [6.07, 6.45) is 8.35. The van der Waals surface area contributed by atoms with Crippen molar-refractivity contribution in [3.63, 3.8) is 0 Å². The lowest BCUT2D eigenvalue weighted by Crippen LogP contribution is -2.46. The van der Waals surface area contributed by atoms with Crippen LogP contribution in [0.1, 0.15) is 64.7 Å². The zero-order chi connectivity index (χ0) is 13.9. The average molecular weight is 267 g/mol. The van der Waals surface area contributed by atoms with Gasteiger partial charge in [-0.1, -0.05) is 26.2 Å². The van der Waals surface area contributed by atoms with Gasteiger partial charge >= 0.3 is 5.97 Å². The standard InChI is InChI=1S/C15H25NO3/c1-2-5-14(6-3-7-14)11-16-12(17)10-15(13(18)19)8-4-9-15/h2-11H2,1H3,(H,16,17)(H,18,19). The average Bonchev–Trinajstić information content (AvgIpc) is 2.26. The van der Waals surface area contributed by atoms with Gasteiger partial charge in [0.15, 0.2) is 0 Å². The minimum absolute atomic E-state index is 0.0792. The van der Waals surface area contributed by atoms with Crippen LogP contribution in [0.15, 0.2) is 0 Å². The third-order valence-corrected chi connectivity index (χ3v) is 5.12. The summed E-state index contributed by atoms with van der Waals surface area (Å²) in [5.74, 6) is -0.884. The van der Waals surface area contributed by atoms with Gasteiger partial charge in [-0.25, -0.2) is 0 Å². The summed E-state index contributed by atoms with van der Waals surface area (Å²) in [5, 5.41) is 12.2. The Balaban J connectivity index is 1.80. The Morgan fingerprint density at radius 3 is 2.16 bits per heavy atom. The molecule has 0 bridgehead atoms. The Bertz CT molecular complexity index is 356. The first kappa shape index (κ1) is 14.4. The monoisotopic (exact) mass is 267 g/mol. The fraction of sp³-hybridized carbons (Fsp3) is 0.867. The Hall–Kier alpha value is -1.06. The predicted molar refractivity (Wildman–Crippen MR) is 72.7 cm³/mol. The molecule has 0 atom stereocenters. The molecule has 2 saturated carbocycles. The molecule has 0 saturated heterocycles. The van der Waals surface area contributed by atoms with Crippen LogP contribution < -0.4 is 5.32 Å². The van der Waals surface area contributed by atoms with Gasteiger partial charge in [-0.2, -0.15) is 0 Å². The minimum Gasteiger partial charge on any atom is -0.481 e. The molecule has 4 heteroatoms. The molecule has 2 N–H and O–H groups in total. The van der Waals surface area contributed by atoms with Crippen molar-refractivity contribution in [2.75, 3.05) is 6.54 Å². The fourth-order valence-corrected chi connectivity index (χ4v) is 3.45. The maximum Gasteiger partial charge on any atom is 0.310 e. The van der Waals surface area contributed by atoms with Crippen LogP contribution >= 0.6 is 0 Å². The van der Waals surface area contributed by atoms with Crippen molar-refractivity contribution < 1.29 is 14.7 Å². The van der Waals surface area contributed by atoms with Gasteiger partial charge in [-0.15, -0.1) is 0 Å². The molecule has 2 fully saturated rings. The molecule has 0 heterocycles. The van der Waals surface area contributed by atoms with E-state index in [1.807, 2.05) is 0 Å². The summed E-state index contributed by atoms with van der Waals surface area (Å²) in [6, 6.07) is 0. The highest BCUT2D eigenvalue weighted by Gasteiger charge is 2.46. The molecule has 0 aliphatic heterocycles. The van der Waals surface area contributed by atoms with Crippen molar-refractivity contribution in [3.8, 4) is 0 Å². The first-order chi connectivity index (χ1) is 9.02. The maximum atomic E-state index is 12.0. The van der Waals surface area contributed by atoms with Gasteiger partial charge in [0.2, 0.25) is 5.91 Å². The molecule has 4 nitrogen and oxygen atoms in total. The van der Waals surface area contributed by atoms with Crippen molar-refractivity contribution in [1.82, 2.24) is 5.32 Å². The molecule has 1 amide bonds. The molecule has 0 spiro atoms. The lowest BCUT2D eigenvalue weighted by Gasteiger charge is -2.42. The number of aliphatic carboxylic acids is 1. The number of carbonyl (C=O) groups is 2. The Labute approximate surface area is 115 Å². The lowest BCUT2D eigenvalue weighted by atomic mass is 9.65. The summed E-state index contributed by atoms with van der Waals surface area (Å²) in [7, 11) is 0. The van der Waals surface area contributed by atoms with E-state index in [2.05, 4.69) is 12.2 Å². The number of nitrogens with one attached hydrogen (secondary N) is 1. The molecule has 108 valence electrons. The third-order valence-electron chi connectivity index (χ3n) is 5.12. The van der Waals surface area contributed by atoms with Gasteiger partial charge < -0.3 is 10.4 Å². The van der Waals surface area contributed by atoms with Crippen molar-refractivity contribution in [2.45, 2.75) is 64.7 Å². The Kier molecular flexibility index (Phi) is 4.16. The highest BCUT2D eigenvalue weighted by atomic mass is 16.4. The minimum atomic E-state index is -0.805. The smallest absolute Gasteiger partial charge is 0.310 e. The number of hydrogen-bond acceptors (Lipinski definition) is 2. The Morgan fingerprint density at radius 2 is 1.79 bits per heavy atom. The van der Waals surface area contributed by atoms with Gasteiger partial charge in [-0.3, -0.25) is 9.59 Å². The van der Waals surface area contributed by atoms with E-state index in [0.717, 1.165) is 25.8 Å². The van der Waals surface area contributed by atoms with Crippen LogP contribution in [0.3, 0.4) is 0 Å². The summed E-state index contributed by atoms with van der Waals surface area (Å²) < 4.78 is 0. The van der Waals surface area contributed by atoms with E-state index in [1.54, 1.807) is 0 Å².